The molecule has 2 aliphatic heterocycles. The van der Waals surface area contributed by atoms with E-state index < -0.39 is 10.2 Å². The van der Waals surface area contributed by atoms with Crippen molar-refractivity contribution < 1.29 is 8.42 Å². The number of benzene rings is 1. The second kappa shape index (κ2) is 4.87. The van der Waals surface area contributed by atoms with Crippen molar-refractivity contribution in [2.45, 2.75) is 25.7 Å². The fourth-order valence-corrected chi connectivity index (χ4v) is 4.84. The van der Waals surface area contributed by atoms with Crippen molar-refractivity contribution in [3.8, 4) is 0 Å². The summed E-state index contributed by atoms with van der Waals surface area (Å²) in [6, 6.07) is 5.89. The zero-order chi connectivity index (χ0) is 13.5. The molecule has 0 spiro atoms. The van der Waals surface area contributed by atoms with Crippen LogP contribution in [0.5, 0.6) is 0 Å². The van der Waals surface area contributed by atoms with Crippen molar-refractivity contribution in [2.24, 2.45) is 0 Å². The van der Waals surface area contributed by atoms with Gasteiger partial charge in [-0.1, -0.05) is 12.1 Å². The first kappa shape index (κ1) is 13.1. The van der Waals surface area contributed by atoms with Crippen molar-refractivity contribution in [3.63, 3.8) is 0 Å². The summed E-state index contributed by atoms with van der Waals surface area (Å²) in [5.74, 6) is 0.574. The van der Waals surface area contributed by atoms with E-state index in [1.807, 2.05) is 18.2 Å². The molecule has 1 aromatic rings. The summed E-state index contributed by atoms with van der Waals surface area (Å²) in [5.41, 5.74) is 2.89. The predicted molar refractivity (Wildman–Crippen MR) is 78.3 cm³/mol. The molecule has 0 aromatic heterocycles. The maximum absolute atomic E-state index is 12.6. The molecule has 0 atom stereocenters. The standard InChI is InChI=1S/C13H17ClN2O2S/c14-8-1-2-9-15-12-7-3-5-11-6-4-10-16(13(11)12)19(15,17)18/h3,5,7H,1-2,4,6,8-10H2. The Labute approximate surface area is 119 Å². The molecule has 3 rings (SSSR count). The summed E-state index contributed by atoms with van der Waals surface area (Å²) in [6.07, 6.45) is 3.48. The Kier molecular flexibility index (Phi) is 3.35. The van der Waals surface area contributed by atoms with Crippen molar-refractivity contribution >= 4 is 33.2 Å². The molecule has 0 N–H and O–H groups in total. The Bertz CT molecular complexity index is 588. The third kappa shape index (κ3) is 1.99. The van der Waals surface area contributed by atoms with Gasteiger partial charge < -0.3 is 0 Å². The highest BCUT2D eigenvalue weighted by molar-refractivity contribution is 7.94. The molecule has 6 heteroatoms. The number of rotatable bonds is 4. The average molecular weight is 301 g/mol. The lowest BCUT2D eigenvalue weighted by Crippen LogP contribution is -2.40. The van der Waals surface area contributed by atoms with E-state index >= 15 is 0 Å². The highest BCUT2D eigenvalue weighted by atomic mass is 35.5. The molecule has 0 saturated heterocycles. The van der Waals surface area contributed by atoms with Gasteiger partial charge in [-0.2, -0.15) is 8.42 Å². The number of para-hydroxylation sites is 1. The van der Waals surface area contributed by atoms with Gasteiger partial charge in [-0.05, 0) is 37.3 Å². The molecule has 4 nitrogen and oxygen atoms in total. The van der Waals surface area contributed by atoms with Crippen LogP contribution in [0.3, 0.4) is 0 Å². The van der Waals surface area contributed by atoms with Gasteiger partial charge in [0.1, 0.15) is 0 Å². The van der Waals surface area contributed by atoms with Gasteiger partial charge in [0.15, 0.2) is 0 Å². The third-order valence-electron chi connectivity index (χ3n) is 3.73. The van der Waals surface area contributed by atoms with Crippen LogP contribution in [0, 0.1) is 0 Å². The summed E-state index contributed by atoms with van der Waals surface area (Å²) in [6.45, 7) is 1.11. The first-order valence-corrected chi connectivity index (χ1v) is 8.57. The summed E-state index contributed by atoms with van der Waals surface area (Å²) >= 11 is 5.67. The molecule has 0 fully saturated rings. The second-order valence-electron chi connectivity index (χ2n) is 4.94. The molecule has 1 aromatic carbocycles. The summed E-state index contributed by atoms with van der Waals surface area (Å²) in [4.78, 5) is 0. The summed E-state index contributed by atoms with van der Waals surface area (Å²) in [7, 11) is -3.37. The van der Waals surface area contributed by atoms with Crippen LogP contribution in [-0.4, -0.2) is 27.4 Å². The maximum Gasteiger partial charge on any atom is 0.326 e. The van der Waals surface area contributed by atoms with E-state index in [1.165, 1.54) is 0 Å². The highest BCUT2D eigenvalue weighted by Crippen LogP contribution is 2.45. The van der Waals surface area contributed by atoms with Gasteiger partial charge >= 0.3 is 10.2 Å². The molecular weight excluding hydrogens is 284 g/mol. The van der Waals surface area contributed by atoms with Crippen LogP contribution < -0.4 is 8.61 Å². The Hall–Kier alpha value is -0.940. The van der Waals surface area contributed by atoms with Crippen molar-refractivity contribution in [3.05, 3.63) is 23.8 Å². The van der Waals surface area contributed by atoms with Crippen LogP contribution in [0.2, 0.25) is 0 Å². The zero-order valence-electron chi connectivity index (χ0n) is 10.7. The van der Waals surface area contributed by atoms with E-state index in [2.05, 4.69) is 0 Å². The largest absolute Gasteiger partial charge is 0.326 e. The lowest BCUT2D eigenvalue weighted by molar-refractivity contribution is 0.584. The van der Waals surface area contributed by atoms with Crippen LogP contribution in [0.25, 0.3) is 0 Å². The molecule has 0 aliphatic carbocycles. The van der Waals surface area contributed by atoms with Gasteiger partial charge in [0.05, 0.1) is 11.4 Å². The number of hydrogen-bond donors (Lipinski definition) is 0. The molecule has 0 bridgehead atoms. The lowest BCUT2D eigenvalue weighted by atomic mass is 10.0. The minimum Gasteiger partial charge on any atom is -0.251 e. The number of alkyl halides is 1. The smallest absolute Gasteiger partial charge is 0.251 e. The monoisotopic (exact) mass is 300 g/mol. The molecular formula is C13H17ClN2O2S. The van der Waals surface area contributed by atoms with E-state index in [4.69, 9.17) is 11.6 Å². The summed E-state index contributed by atoms with van der Waals surface area (Å²) < 4.78 is 28.3. The van der Waals surface area contributed by atoms with Crippen LogP contribution in [0.1, 0.15) is 24.8 Å². The van der Waals surface area contributed by atoms with E-state index in [-0.39, 0.29) is 0 Å². The van der Waals surface area contributed by atoms with Gasteiger partial charge in [-0.25, -0.2) is 0 Å². The second-order valence-corrected chi connectivity index (χ2v) is 7.09. The normalized spacial score (nSPS) is 19.6. The van der Waals surface area contributed by atoms with E-state index in [0.29, 0.717) is 19.0 Å². The topological polar surface area (TPSA) is 40.6 Å². The SMILES string of the molecule is O=S1(=O)N(CCCCCl)c2cccc3c2N1CCC3. The van der Waals surface area contributed by atoms with Crippen molar-refractivity contribution in [2.75, 3.05) is 27.6 Å². The number of nitrogens with zero attached hydrogens (tertiary/aromatic N) is 2. The van der Waals surface area contributed by atoms with Crippen LogP contribution >= 0.6 is 11.6 Å². The molecule has 2 aliphatic rings. The Morgan fingerprint density at radius 3 is 2.89 bits per heavy atom. The number of anilines is 2. The van der Waals surface area contributed by atoms with E-state index in [1.54, 1.807) is 8.61 Å². The number of unbranched alkanes of at least 4 members (excludes halogenated alkanes) is 1. The van der Waals surface area contributed by atoms with Crippen molar-refractivity contribution in [1.82, 2.24) is 0 Å². The first-order valence-electron chi connectivity index (χ1n) is 6.64. The van der Waals surface area contributed by atoms with Gasteiger partial charge in [0.25, 0.3) is 0 Å². The van der Waals surface area contributed by atoms with Crippen LogP contribution in [-0.2, 0) is 16.6 Å². The molecule has 0 unspecified atom stereocenters. The molecule has 104 valence electrons. The highest BCUT2D eigenvalue weighted by Gasteiger charge is 2.42. The van der Waals surface area contributed by atoms with E-state index in [0.717, 1.165) is 42.6 Å². The van der Waals surface area contributed by atoms with Crippen LogP contribution in [0.15, 0.2) is 18.2 Å². The average Bonchev–Trinajstić information content (AvgIpc) is 2.63. The number of halogens is 1. The molecule has 0 saturated carbocycles. The lowest BCUT2D eigenvalue weighted by Gasteiger charge is -2.25. The molecule has 0 amide bonds. The van der Waals surface area contributed by atoms with E-state index in [9.17, 15) is 8.42 Å². The van der Waals surface area contributed by atoms with Crippen molar-refractivity contribution in [1.29, 1.82) is 0 Å². The number of hydrogen-bond acceptors (Lipinski definition) is 2. The van der Waals surface area contributed by atoms with Gasteiger partial charge in [0, 0.05) is 19.0 Å². The molecule has 2 heterocycles. The Balaban J connectivity index is 2.01. The summed E-state index contributed by atoms with van der Waals surface area (Å²) in [5, 5.41) is 0. The van der Waals surface area contributed by atoms with Crippen LogP contribution in [0.4, 0.5) is 11.4 Å². The Morgan fingerprint density at radius 2 is 2.11 bits per heavy atom. The minimum absolute atomic E-state index is 0.516. The zero-order valence-corrected chi connectivity index (χ0v) is 12.3. The molecule has 0 radical (unpaired) electrons. The molecule has 19 heavy (non-hydrogen) atoms. The predicted octanol–water partition coefficient (Wildman–Crippen LogP) is 2.52. The fourth-order valence-electron chi connectivity index (χ4n) is 2.85. The maximum atomic E-state index is 12.6. The number of aryl methyl sites for hydroxylation is 1. The van der Waals surface area contributed by atoms with Gasteiger partial charge in [0.2, 0.25) is 0 Å². The minimum atomic E-state index is -3.37. The van der Waals surface area contributed by atoms with Gasteiger partial charge in [-0.15, -0.1) is 11.6 Å². The third-order valence-corrected chi connectivity index (χ3v) is 5.85. The van der Waals surface area contributed by atoms with Gasteiger partial charge in [-0.3, -0.25) is 8.61 Å². The quantitative estimate of drug-likeness (QED) is 0.633. The first-order chi connectivity index (χ1) is 9.16. The fraction of sp³-hybridized carbons (Fsp3) is 0.538. The Morgan fingerprint density at radius 1 is 1.26 bits per heavy atom.